The summed E-state index contributed by atoms with van der Waals surface area (Å²) in [6.07, 6.45) is 0. The van der Waals surface area contributed by atoms with Crippen LogP contribution in [0.3, 0.4) is 0 Å². The first-order valence-corrected chi connectivity index (χ1v) is 10.8. The summed E-state index contributed by atoms with van der Waals surface area (Å²) in [5, 5.41) is 0.0724. The number of hydrogen-bond acceptors (Lipinski definition) is 5. The molecule has 0 fully saturated rings. The molecule has 0 bridgehead atoms. The highest BCUT2D eigenvalue weighted by Gasteiger charge is 2.43. The largest absolute Gasteiger partial charge is 0.462 e. The maximum atomic E-state index is 13.9. The van der Waals surface area contributed by atoms with E-state index in [0.717, 1.165) is 11.6 Å². The number of halogens is 1. The molecule has 1 unspecified atom stereocenters. The quantitative estimate of drug-likeness (QED) is 0.395. The zero-order chi connectivity index (χ0) is 24.0. The van der Waals surface area contributed by atoms with Crippen molar-refractivity contribution in [3.8, 4) is 0 Å². The van der Waals surface area contributed by atoms with Gasteiger partial charge in [-0.1, -0.05) is 29.8 Å². The molecule has 34 heavy (non-hydrogen) atoms. The van der Waals surface area contributed by atoms with Crippen molar-refractivity contribution in [2.24, 2.45) is 0 Å². The van der Waals surface area contributed by atoms with Crippen LogP contribution in [-0.4, -0.2) is 18.5 Å². The van der Waals surface area contributed by atoms with Crippen molar-refractivity contribution in [2.45, 2.75) is 19.9 Å². The summed E-state index contributed by atoms with van der Waals surface area (Å²) >= 11 is 0. The molecule has 6 nitrogen and oxygen atoms in total. The predicted octanol–water partition coefficient (Wildman–Crippen LogP) is 5.17. The van der Waals surface area contributed by atoms with Gasteiger partial charge in [0.15, 0.2) is 5.43 Å². The van der Waals surface area contributed by atoms with Gasteiger partial charge < -0.3 is 9.15 Å². The second-order valence-electron chi connectivity index (χ2n) is 8.07. The number of nitrogens with zero attached hydrogens (tertiary/aromatic N) is 1. The number of ether oxygens (including phenoxy) is 1. The highest BCUT2D eigenvalue weighted by Crippen LogP contribution is 2.41. The molecule has 0 saturated heterocycles. The maximum absolute atomic E-state index is 13.9. The van der Waals surface area contributed by atoms with E-state index < -0.39 is 29.2 Å². The average molecular weight is 457 g/mol. The highest BCUT2D eigenvalue weighted by molar-refractivity contribution is 6.10. The number of benzene rings is 3. The number of rotatable bonds is 4. The number of carbonyl (C=O) groups excluding carboxylic acids is 2. The van der Waals surface area contributed by atoms with Crippen molar-refractivity contribution in [2.75, 3.05) is 11.5 Å². The summed E-state index contributed by atoms with van der Waals surface area (Å²) in [6.45, 7) is 3.91. The minimum absolute atomic E-state index is 0.0724. The lowest BCUT2D eigenvalue weighted by atomic mass is 9.97. The molecular weight excluding hydrogens is 437 g/mol. The summed E-state index contributed by atoms with van der Waals surface area (Å²) < 4.78 is 24.8. The Labute approximate surface area is 194 Å². The Bertz CT molecular complexity index is 1490. The molecule has 5 rings (SSSR count). The van der Waals surface area contributed by atoms with Crippen molar-refractivity contribution in [3.05, 3.63) is 111 Å². The van der Waals surface area contributed by atoms with Gasteiger partial charge >= 0.3 is 5.97 Å². The van der Waals surface area contributed by atoms with E-state index in [1.165, 1.54) is 17.0 Å². The molecule has 0 aliphatic carbocycles. The number of anilines is 1. The number of hydrogen-bond donors (Lipinski definition) is 0. The Balaban J connectivity index is 1.70. The third kappa shape index (κ3) is 3.46. The summed E-state index contributed by atoms with van der Waals surface area (Å²) in [5.74, 6) is -1.61. The van der Waals surface area contributed by atoms with E-state index in [-0.39, 0.29) is 28.9 Å². The topological polar surface area (TPSA) is 76.8 Å². The minimum atomic E-state index is -0.777. The van der Waals surface area contributed by atoms with Gasteiger partial charge in [-0.25, -0.2) is 9.18 Å². The smallest absolute Gasteiger partial charge is 0.338 e. The van der Waals surface area contributed by atoms with Crippen LogP contribution in [0, 0.1) is 12.7 Å². The maximum Gasteiger partial charge on any atom is 0.338 e. The number of esters is 1. The van der Waals surface area contributed by atoms with Gasteiger partial charge in [0.2, 0.25) is 5.76 Å². The average Bonchev–Trinajstić information content (AvgIpc) is 3.13. The van der Waals surface area contributed by atoms with Crippen molar-refractivity contribution in [1.29, 1.82) is 0 Å². The van der Waals surface area contributed by atoms with Gasteiger partial charge in [-0.3, -0.25) is 14.5 Å². The van der Waals surface area contributed by atoms with Crippen LogP contribution in [0.1, 0.15) is 50.6 Å². The standard InChI is InChI=1S/C27H20FNO5/c1-3-33-27(32)17-8-11-19(12-9-17)29-23(16-6-4-15(2)5-7-16)22-24(30)20-14-18(28)10-13-21(20)34-25(22)26(29)31/h4-14,23H,3H2,1-2H3. The number of aryl methyl sites for hydroxylation is 1. The van der Waals surface area contributed by atoms with Crippen molar-refractivity contribution in [1.82, 2.24) is 0 Å². The molecule has 1 aliphatic heterocycles. The number of fused-ring (bicyclic) bond motifs is 2. The molecule has 7 heteroatoms. The predicted molar refractivity (Wildman–Crippen MR) is 125 cm³/mol. The lowest BCUT2D eigenvalue weighted by Crippen LogP contribution is -2.29. The molecule has 0 spiro atoms. The molecule has 0 saturated carbocycles. The Kier molecular flexibility index (Phi) is 5.24. The number of amides is 1. The molecule has 0 N–H and O–H groups in total. The Hall–Kier alpha value is -4.26. The van der Waals surface area contributed by atoms with Crippen LogP contribution < -0.4 is 10.3 Å². The van der Waals surface area contributed by atoms with E-state index in [4.69, 9.17) is 9.15 Å². The Morgan fingerprint density at radius 3 is 2.41 bits per heavy atom. The van der Waals surface area contributed by atoms with Gasteiger partial charge in [0.25, 0.3) is 5.91 Å². The molecule has 1 atom stereocenters. The summed E-state index contributed by atoms with van der Waals surface area (Å²) in [5.41, 5.74) is 2.38. The fourth-order valence-electron chi connectivity index (χ4n) is 4.25. The monoisotopic (exact) mass is 457 g/mol. The molecule has 0 radical (unpaired) electrons. The van der Waals surface area contributed by atoms with E-state index in [0.29, 0.717) is 16.8 Å². The molecule has 3 aromatic carbocycles. The van der Waals surface area contributed by atoms with Crippen LogP contribution in [0.25, 0.3) is 11.0 Å². The van der Waals surface area contributed by atoms with Crippen LogP contribution in [0.2, 0.25) is 0 Å². The Morgan fingerprint density at radius 1 is 1.03 bits per heavy atom. The van der Waals surface area contributed by atoms with E-state index in [1.54, 1.807) is 31.2 Å². The van der Waals surface area contributed by atoms with Gasteiger partial charge in [0, 0.05) is 5.69 Å². The Morgan fingerprint density at radius 2 is 1.74 bits per heavy atom. The van der Waals surface area contributed by atoms with Gasteiger partial charge in [-0.2, -0.15) is 0 Å². The molecule has 1 amide bonds. The zero-order valence-corrected chi connectivity index (χ0v) is 18.5. The van der Waals surface area contributed by atoms with Crippen molar-refractivity contribution < 1.29 is 23.1 Å². The van der Waals surface area contributed by atoms with Gasteiger partial charge in [-0.15, -0.1) is 0 Å². The summed E-state index contributed by atoms with van der Waals surface area (Å²) in [6, 6.07) is 16.7. The fourth-order valence-corrected chi connectivity index (χ4v) is 4.25. The fraction of sp³-hybridized carbons (Fsp3) is 0.148. The first-order chi connectivity index (χ1) is 16.4. The van der Waals surface area contributed by atoms with E-state index in [2.05, 4.69) is 0 Å². The second-order valence-corrected chi connectivity index (χ2v) is 8.07. The SMILES string of the molecule is CCOC(=O)c1ccc(N2C(=O)c3oc4ccc(F)cc4c(=O)c3C2c2ccc(C)cc2)cc1. The van der Waals surface area contributed by atoms with Crippen LogP contribution in [-0.2, 0) is 4.74 Å². The van der Waals surface area contributed by atoms with Gasteiger partial charge in [0.05, 0.1) is 29.2 Å². The van der Waals surface area contributed by atoms with E-state index >= 15 is 0 Å². The first-order valence-electron chi connectivity index (χ1n) is 10.8. The zero-order valence-electron chi connectivity index (χ0n) is 18.5. The van der Waals surface area contributed by atoms with E-state index in [1.807, 2.05) is 31.2 Å². The molecule has 1 aliphatic rings. The van der Waals surface area contributed by atoms with Gasteiger partial charge in [-0.05, 0) is 61.9 Å². The van der Waals surface area contributed by atoms with Crippen LogP contribution >= 0.6 is 0 Å². The van der Waals surface area contributed by atoms with Gasteiger partial charge in [0.1, 0.15) is 11.4 Å². The molecule has 1 aromatic heterocycles. The molecular formula is C27H20FNO5. The first kappa shape index (κ1) is 21.6. The summed E-state index contributed by atoms with van der Waals surface area (Å²) in [4.78, 5) is 40.6. The third-order valence-electron chi connectivity index (χ3n) is 5.88. The van der Waals surface area contributed by atoms with E-state index in [9.17, 15) is 18.8 Å². The lowest BCUT2D eigenvalue weighted by molar-refractivity contribution is 0.0526. The number of carbonyl (C=O) groups is 2. The van der Waals surface area contributed by atoms with Crippen LogP contribution in [0.4, 0.5) is 10.1 Å². The highest BCUT2D eigenvalue weighted by atomic mass is 19.1. The summed E-state index contributed by atoms with van der Waals surface area (Å²) in [7, 11) is 0. The molecule has 4 aromatic rings. The normalized spacial score (nSPS) is 15.0. The van der Waals surface area contributed by atoms with Crippen molar-refractivity contribution in [3.63, 3.8) is 0 Å². The van der Waals surface area contributed by atoms with Crippen LogP contribution in [0.5, 0.6) is 0 Å². The van der Waals surface area contributed by atoms with Crippen LogP contribution in [0.15, 0.2) is 75.9 Å². The van der Waals surface area contributed by atoms with Crippen molar-refractivity contribution >= 4 is 28.5 Å². The third-order valence-corrected chi connectivity index (χ3v) is 5.88. The lowest BCUT2D eigenvalue weighted by Gasteiger charge is -2.25. The minimum Gasteiger partial charge on any atom is -0.462 e. The molecule has 2 heterocycles. The second kappa shape index (κ2) is 8.26. The molecule has 170 valence electrons.